The summed E-state index contributed by atoms with van der Waals surface area (Å²) < 4.78 is 2.21. The Labute approximate surface area is 176 Å². The van der Waals surface area contributed by atoms with E-state index in [-0.39, 0.29) is 10.7 Å². The van der Waals surface area contributed by atoms with Crippen LogP contribution in [0.3, 0.4) is 0 Å². The predicted octanol–water partition coefficient (Wildman–Crippen LogP) is 4.44. The van der Waals surface area contributed by atoms with E-state index in [4.69, 9.17) is 12.2 Å². The Bertz CT molecular complexity index is 995. The van der Waals surface area contributed by atoms with Gasteiger partial charge < -0.3 is 4.57 Å². The number of hydrogen-bond acceptors (Lipinski definition) is 3. The first-order chi connectivity index (χ1) is 13.9. The summed E-state index contributed by atoms with van der Waals surface area (Å²) in [4.78, 5) is 27.1. The molecular formula is C23H25N3O2S. The van der Waals surface area contributed by atoms with E-state index in [0.29, 0.717) is 11.7 Å². The van der Waals surface area contributed by atoms with Crippen LogP contribution in [0.15, 0.2) is 42.2 Å². The highest BCUT2D eigenvalue weighted by molar-refractivity contribution is 7.80. The van der Waals surface area contributed by atoms with E-state index in [2.05, 4.69) is 9.88 Å². The number of benzene rings is 1. The Hall–Kier alpha value is -2.73. The molecule has 5 nitrogen and oxygen atoms in total. The minimum atomic E-state index is -0.453. The predicted molar refractivity (Wildman–Crippen MR) is 119 cm³/mol. The number of anilines is 1. The zero-order chi connectivity index (χ0) is 20.5. The molecule has 1 saturated carbocycles. The van der Waals surface area contributed by atoms with Gasteiger partial charge in [-0.05, 0) is 79.9 Å². The van der Waals surface area contributed by atoms with Crippen molar-refractivity contribution in [3.63, 3.8) is 0 Å². The maximum atomic E-state index is 13.2. The van der Waals surface area contributed by atoms with E-state index in [0.717, 1.165) is 16.7 Å². The Morgan fingerprint density at radius 1 is 1.07 bits per heavy atom. The van der Waals surface area contributed by atoms with Gasteiger partial charge in [0.05, 0.1) is 5.69 Å². The molecule has 1 aliphatic heterocycles. The quantitative estimate of drug-likeness (QED) is 0.465. The Morgan fingerprint density at radius 2 is 1.76 bits per heavy atom. The second kappa shape index (κ2) is 7.95. The highest BCUT2D eigenvalue weighted by Gasteiger charge is 2.34. The van der Waals surface area contributed by atoms with Gasteiger partial charge in [-0.2, -0.15) is 0 Å². The molecule has 0 radical (unpaired) electrons. The van der Waals surface area contributed by atoms with Crippen LogP contribution in [-0.2, 0) is 9.59 Å². The molecule has 1 aliphatic carbocycles. The van der Waals surface area contributed by atoms with E-state index in [9.17, 15) is 9.59 Å². The first-order valence-corrected chi connectivity index (χ1v) is 10.5. The number of aryl methyl sites for hydroxylation is 2. The van der Waals surface area contributed by atoms with Crippen molar-refractivity contribution in [1.29, 1.82) is 0 Å². The zero-order valence-electron chi connectivity index (χ0n) is 16.8. The molecule has 29 heavy (non-hydrogen) atoms. The number of amides is 2. The van der Waals surface area contributed by atoms with Gasteiger partial charge in [0.25, 0.3) is 11.8 Å². The molecule has 0 bridgehead atoms. The molecule has 2 amide bonds. The van der Waals surface area contributed by atoms with E-state index in [1.165, 1.54) is 37.0 Å². The Morgan fingerprint density at radius 3 is 2.45 bits per heavy atom. The van der Waals surface area contributed by atoms with Gasteiger partial charge in [0.15, 0.2) is 5.11 Å². The van der Waals surface area contributed by atoms with Gasteiger partial charge in [0.2, 0.25) is 0 Å². The van der Waals surface area contributed by atoms with E-state index in [1.54, 1.807) is 6.08 Å². The van der Waals surface area contributed by atoms with Crippen LogP contribution >= 0.6 is 12.2 Å². The summed E-state index contributed by atoms with van der Waals surface area (Å²) in [6.07, 6.45) is 11.9. The second-order valence-corrected chi connectivity index (χ2v) is 8.37. The smallest absolute Gasteiger partial charge is 0.270 e. The lowest BCUT2D eigenvalue weighted by Gasteiger charge is -2.29. The SMILES string of the molecule is Cc1cc(C)cc(N2C(=O)/C(=C\c3ccn(C4CCCCC4)c3)C(=O)NC2=S)c1. The summed E-state index contributed by atoms with van der Waals surface area (Å²) in [6.45, 7) is 3.94. The monoisotopic (exact) mass is 407 g/mol. The molecule has 1 aromatic heterocycles. The molecule has 4 rings (SSSR count). The van der Waals surface area contributed by atoms with Crippen LogP contribution < -0.4 is 10.2 Å². The molecule has 1 aromatic carbocycles. The molecule has 150 valence electrons. The van der Waals surface area contributed by atoms with E-state index < -0.39 is 11.8 Å². The number of carbonyl (C=O) groups excluding carboxylic acids is 2. The average Bonchev–Trinajstić information content (AvgIpc) is 3.14. The molecule has 2 aromatic rings. The number of nitrogens with zero attached hydrogens (tertiary/aromatic N) is 2. The van der Waals surface area contributed by atoms with Gasteiger partial charge in [-0.15, -0.1) is 0 Å². The molecule has 6 heteroatoms. The highest BCUT2D eigenvalue weighted by Crippen LogP contribution is 2.29. The summed E-state index contributed by atoms with van der Waals surface area (Å²) in [5, 5.41) is 2.77. The largest absolute Gasteiger partial charge is 0.351 e. The summed E-state index contributed by atoms with van der Waals surface area (Å²) >= 11 is 5.30. The lowest BCUT2D eigenvalue weighted by atomic mass is 9.95. The fourth-order valence-electron chi connectivity index (χ4n) is 4.26. The van der Waals surface area contributed by atoms with Crippen molar-refractivity contribution in [2.75, 3.05) is 4.90 Å². The van der Waals surface area contributed by atoms with Gasteiger partial charge in [0, 0.05) is 18.4 Å². The molecule has 2 fully saturated rings. The van der Waals surface area contributed by atoms with Gasteiger partial charge in [0.1, 0.15) is 5.57 Å². The van der Waals surface area contributed by atoms with Crippen molar-refractivity contribution >= 4 is 40.9 Å². The van der Waals surface area contributed by atoms with Crippen molar-refractivity contribution in [3.8, 4) is 0 Å². The van der Waals surface area contributed by atoms with Crippen LogP contribution in [-0.4, -0.2) is 21.5 Å². The van der Waals surface area contributed by atoms with Crippen LogP contribution in [0.5, 0.6) is 0 Å². The van der Waals surface area contributed by atoms with Crippen LogP contribution in [0, 0.1) is 13.8 Å². The lowest BCUT2D eigenvalue weighted by Crippen LogP contribution is -2.54. The first-order valence-electron chi connectivity index (χ1n) is 10.1. The molecular weight excluding hydrogens is 382 g/mol. The third-order valence-electron chi connectivity index (χ3n) is 5.61. The van der Waals surface area contributed by atoms with Crippen LogP contribution in [0.2, 0.25) is 0 Å². The van der Waals surface area contributed by atoms with Gasteiger partial charge in [-0.1, -0.05) is 25.3 Å². The van der Waals surface area contributed by atoms with E-state index >= 15 is 0 Å². The lowest BCUT2D eigenvalue weighted by molar-refractivity contribution is -0.122. The number of nitrogens with one attached hydrogen (secondary N) is 1. The molecule has 0 spiro atoms. The fourth-order valence-corrected chi connectivity index (χ4v) is 4.54. The molecule has 2 heterocycles. The van der Waals surface area contributed by atoms with Crippen LogP contribution in [0.1, 0.15) is 54.8 Å². The summed E-state index contributed by atoms with van der Waals surface area (Å²) in [5.74, 6) is -0.847. The third kappa shape index (κ3) is 4.03. The average molecular weight is 408 g/mol. The molecule has 0 atom stereocenters. The van der Waals surface area contributed by atoms with Crippen molar-refractivity contribution in [1.82, 2.24) is 9.88 Å². The van der Waals surface area contributed by atoms with Gasteiger partial charge >= 0.3 is 0 Å². The van der Waals surface area contributed by atoms with Crippen LogP contribution in [0.4, 0.5) is 5.69 Å². The summed E-state index contributed by atoms with van der Waals surface area (Å²) in [5.41, 5.74) is 3.68. The number of carbonyl (C=O) groups is 2. The van der Waals surface area contributed by atoms with Crippen molar-refractivity contribution < 1.29 is 9.59 Å². The standard InChI is InChI=1S/C23H25N3O2S/c1-15-10-16(2)12-19(11-15)26-22(28)20(21(27)24-23(26)29)13-17-8-9-25(14-17)18-6-4-3-5-7-18/h8-14,18H,3-7H2,1-2H3,(H,24,27,29)/b20-13-. The molecule has 1 N–H and O–H groups in total. The maximum absolute atomic E-state index is 13.2. The number of thiocarbonyl (C=S) groups is 1. The molecule has 1 saturated heterocycles. The van der Waals surface area contributed by atoms with E-state index in [1.807, 2.05) is 50.5 Å². The Kier molecular flexibility index (Phi) is 5.37. The number of hydrogen-bond donors (Lipinski definition) is 1. The van der Waals surface area contributed by atoms with Crippen molar-refractivity contribution in [2.45, 2.75) is 52.0 Å². The normalized spacial score (nSPS) is 19.7. The third-order valence-corrected chi connectivity index (χ3v) is 5.90. The topological polar surface area (TPSA) is 54.3 Å². The van der Waals surface area contributed by atoms with Gasteiger partial charge in [-0.3, -0.25) is 19.8 Å². The highest BCUT2D eigenvalue weighted by atomic mass is 32.1. The minimum absolute atomic E-state index is 0.0964. The van der Waals surface area contributed by atoms with Crippen molar-refractivity contribution in [3.05, 3.63) is 58.9 Å². The Balaban J connectivity index is 1.64. The van der Waals surface area contributed by atoms with Gasteiger partial charge in [-0.25, -0.2) is 0 Å². The first kappa shape index (κ1) is 19.6. The zero-order valence-corrected chi connectivity index (χ0v) is 17.6. The number of rotatable bonds is 3. The summed E-state index contributed by atoms with van der Waals surface area (Å²) in [6, 6.07) is 8.28. The second-order valence-electron chi connectivity index (χ2n) is 7.99. The number of aromatic nitrogens is 1. The summed E-state index contributed by atoms with van der Waals surface area (Å²) in [7, 11) is 0. The molecule has 0 unspecified atom stereocenters. The fraction of sp³-hybridized carbons (Fsp3) is 0.348. The minimum Gasteiger partial charge on any atom is -0.351 e. The molecule has 2 aliphatic rings. The van der Waals surface area contributed by atoms with Crippen LogP contribution in [0.25, 0.3) is 6.08 Å². The maximum Gasteiger partial charge on any atom is 0.270 e. The van der Waals surface area contributed by atoms with Crippen molar-refractivity contribution in [2.24, 2.45) is 0 Å².